The standard InChI is InChI=1S/C19H19NO5/c1-10-4-5-13(11(2)8-10)20-17(22)15-14-6-7-19(25-14,9-24-12(3)21)16(15)18(20)23/h4-8,14-16H,9H2,1-3H3/t14-,15-,16+,19-/m1/s1. The quantitative estimate of drug-likeness (QED) is 0.475. The minimum Gasteiger partial charge on any atom is -0.462 e. The molecule has 0 radical (unpaired) electrons. The minimum absolute atomic E-state index is 0.0593. The van der Waals surface area contributed by atoms with Crippen LogP contribution in [0.1, 0.15) is 18.1 Å². The van der Waals surface area contributed by atoms with Gasteiger partial charge >= 0.3 is 5.97 Å². The fourth-order valence-electron chi connectivity index (χ4n) is 4.18. The molecule has 2 saturated heterocycles. The highest BCUT2D eigenvalue weighted by Gasteiger charge is 2.68. The Morgan fingerprint density at radius 2 is 2.04 bits per heavy atom. The first-order chi connectivity index (χ1) is 11.8. The normalized spacial score (nSPS) is 32.4. The molecule has 1 aromatic rings. The van der Waals surface area contributed by atoms with Crippen molar-refractivity contribution >= 4 is 23.5 Å². The fraction of sp³-hybridized carbons (Fsp3) is 0.421. The lowest BCUT2D eigenvalue weighted by Gasteiger charge is -2.28. The first-order valence-corrected chi connectivity index (χ1v) is 8.30. The Hall–Kier alpha value is -2.47. The van der Waals surface area contributed by atoms with E-state index in [1.54, 1.807) is 18.2 Å². The van der Waals surface area contributed by atoms with E-state index in [4.69, 9.17) is 9.47 Å². The molecule has 3 aliphatic rings. The maximum atomic E-state index is 13.1. The van der Waals surface area contributed by atoms with Crippen molar-refractivity contribution in [2.45, 2.75) is 32.5 Å². The number of imide groups is 1. The zero-order valence-electron chi connectivity index (χ0n) is 14.3. The van der Waals surface area contributed by atoms with Gasteiger partial charge in [-0.1, -0.05) is 23.8 Å². The number of hydrogen-bond acceptors (Lipinski definition) is 5. The van der Waals surface area contributed by atoms with Crippen molar-refractivity contribution in [2.24, 2.45) is 11.8 Å². The number of hydrogen-bond donors (Lipinski definition) is 0. The van der Waals surface area contributed by atoms with Crippen LogP contribution in [0.4, 0.5) is 5.69 Å². The molecule has 0 aromatic heterocycles. The number of benzene rings is 1. The van der Waals surface area contributed by atoms with Gasteiger partial charge in [-0.3, -0.25) is 14.4 Å². The number of rotatable bonds is 3. The maximum absolute atomic E-state index is 13.1. The average molecular weight is 341 g/mol. The second-order valence-corrected chi connectivity index (χ2v) is 6.98. The van der Waals surface area contributed by atoms with Gasteiger partial charge in [0.25, 0.3) is 0 Å². The fourth-order valence-corrected chi connectivity index (χ4v) is 4.18. The molecule has 2 fully saturated rings. The van der Waals surface area contributed by atoms with Gasteiger partial charge < -0.3 is 9.47 Å². The smallest absolute Gasteiger partial charge is 0.302 e. The molecule has 3 heterocycles. The van der Waals surface area contributed by atoms with E-state index in [9.17, 15) is 14.4 Å². The summed E-state index contributed by atoms with van der Waals surface area (Å²) in [6, 6.07) is 5.63. The van der Waals surface area contributed by atoms with E-state index in [1.165, 1.54) is 11.8 Å². The van der Waals surface area contributed by atoms with Crippen LogP contribution in [0.25, 0.3) is 0 Å². The molecule has 6 heteroatoms. The molecule has 0 spiro atoms. The number of fused-ring (bicyclic) bond motifs is 5. The summed E-state index contributed by atoms with van der Waals surface area (Å²) in [6.07, 6.45) is 3.10. The average Bonchev–Trinajstić information content (AvgIpc) is 3.18. The Balaban J connectivity index is 1.72. The summed E-state index contributed by atoms with van der Waals surface area (Å²) < 4.78 is 11.0. The molecule has 0 N–H and O–H groups in total. The molecular weight excluding hydrogens is 322 g/mol. The molecule has 1 aromatic carbocycles. The van der Waals surface area contributed by atoms with Crippen LogP contribution >= 0.6 is 0 Å². The SMILES string of the molecule is CC(=O)OC[C@@]12C=C[C@@H](O1)[C@H]1C(=O)N(c3ccc(C)cc3C)C(=O)[C@H]12. The van der Waals surface area contributed by atoms with Crippen LogP contribution in [0.5, 0.6) is 0 Å². The van der Waals surface area contributed by atoms with Gasteiger partial charge in [-0.05, 0) is 31.6 Å². The van der Waals surface area contributed by atoms with E-state index in [0.29, 0.717) is 5.69 Å². The number of ether oxygens (including phenoxy) is 2. The van der Waals surface area contributed by atoms with Crippen molar-refractivity contribution in [3.63, 3.8) is 0 Å². The summed E-state index contributed by atoms with van der Waals surface area (Å²) in [7, 11) is 0. The maximum Gasteiger partial charge on any atom is 0.302 e. The monoisotopic (exact) mass is 341 g/mol. The molecule has 25 heavy (non-hydrogen) atoms. The van der Waals surface area contributed by atoms with Gasteiger partial charge in [0.1, 0.15) is 12.2 Å². The molecule has 3 aliphatic heterocycles. The van der Waals surface area contributed by atoms with Crippen molar-refractivity contribution in [3.05, 3.63) is 41.5 Å². The van der Waals surface area contributed by atoms with Crippen LogP contribution in [0.3, 0.4) is 0 Å². The van der Waals surface area contributed by atoms with E-state index in [1.807, 2.05) is 26.0 Å². The molecule has 0 saturated carbocycles. The number of anilines is 1. The second kappa shape index (κ2) is 5.26. The number of amides is 2. The predicted molar refractivity (Wildman–Crippen MR) is 88.8 cm³/mol. The Bertz CT molecular complexity index is 829. The number of aryl methyl sites for hydroxylation is 2. The third-order valence-electron chi connectivity index (χ3n) is 5.25. The number of carbonyl (C=O) groups excluding carboxylic acids is 3. The lowest BCUT2D eigenvalue weighted by Crippen LogP contribution is -2.44. The molecule has 2 bridgehead atoms. The van der Waals surface area contributed by atoms with Crippen molar-refractivity contribution in [2.75, 3.05) is 11.5 Å². The van der Waals surface area contributed by atoms with Crippen LogP contribution in [-0.2, 0) is 23.9 Å². The van der Waals surface area contributed by atoms with Crippen molar-refractivity contribution < 1.29 is 23.9 Å². The Labute approximate surface area is 145 Å². The van der Waals surface area contributed by atoms with Crippen LogP contribution in [0.2, 0.25) is 0 Å². The zero-order valence-corrected chi connectivity index (χ0v) is 14.3. The summed E-state index contributed by atoms with van der Waals surface area (Å²) in [5.74, 6) is -2.20. The van der Waals surface area contributed by atoms with Crippen LogP contribution in [0, 0.1) is 25.7 Å². The minimum atomic E-state index is -1.04. The Morgan fingerprint density at radius 3 is 2.72 bits per heavy atom. The van der Waals surface area contributed by atoms with Gasteiger partial charge in [0.2, 0.25) is 11.8 Å². The summed E-state index contributed by atoms with van der Waals surface area (Å²) in [5, 5.41) is 0. The summed E-state index contributed by atoms with van der Waals surface area (Å²) in [5.41, 5.74) is 1.51. The van der Waals surface area contributed by atoms with Gasteiger partial charge in [0, 0.05) is 6.92 Å². The molecule has 0 unspecified atom stereocenters. The Kier molecular flexibility index (Phi) is 3.37. The molecule has 0 aliphatic carbocycles. The lowest BCUT2D eigenvalue weighted by molar-refractivity contribution is -0.150. The first-order valence-electron chi connectivity index (χ1n) is 8.30. The van der Waals surface area contributed by atoms with E-state index in [2.05, 4.69) is 0 Å². The van der Waals surface area contributed by atoms with Gasteiger partial charge in [0.05, 0.1) is 23.6 Å². The zero-order chi connectivity index (χ0) is 17.9. The number of esters is 1. The van der Waals surface area contributed by atoms with Crippen molar-refractivity contribution in [1.29, 1.82) is 0 Å². The molecule has 4 rings (SSSR count). The highest BCUT2D eigenvalue weighted by molar-refractivity contribution is 6.23. The topological polar surface area (TPSA) is 72.9 Å². The van der Waals surface area contributed by atoms with Gasteiger partial charge in [-0.2, -0.15) is 0 Å². The Morgan fingerprint density at radius 1 is 1.28 bits per heavy atom. The van der Waals surface area contributed by atoms with Crippen molar-refractivity contribution in [1.82, 2.24) is 0 Å². The largest absolute Gasteiger partial charge is 0.462 e. The molecular formula is C19H19NO5. The number of nitrogens with zero attached hydrogens (tertiary/aromatic N) is 1. The molecule has 130 valence electrons. The highest BCUT2D eigenvalue weighted by atomic mass is 16.6. The predicted octanol–water partition coefficient (Wildman–Crippen LogP) is 1.68. The van der Waals surface area contributed by atoms with Crippen LogP contribution in [-0.4, -0.2) is 36.1 Å². The molecule has 2 amide bonds. The van der Waals surface area contributed by atoms with E-state index < -0.39 is 29.5 Å². The van der Waals surface area contributed by atoms with Crippen LogP contribution in [0.15, 0.2) is 30.4 Å². The second-order valence-electron chi connectivity index (χ2n) is 6.98. The summed E-state index contributed by atoms with van der Waals surface area (Å²) in [4.78, 5) is 38.6. The summed E-state index contributed by atoms with van der Waals surface area (Å²) >= 11 is 0. The summed E-state index contributed by atoms with van der Waals surface area (Å²) in [6.45, 7) is 5.10. The van der Waals surface area contributed by atoms with E-state index >= 15 is 0 Å². The third kappa shape index (κ3) is 2.17. The highest BCUT2D eigenvalue weighted by Crippen LogP contribution is 2.52. The van der Waals surface area contributed by atoms with Crippen LogP contribution < -0.4 is 4.90 Å². The first kappa shape index (κ1) is 16.0. The molecule has 6 nitrogen and oxygen atoms in total. The third-order valence-corrected chi connectivity index (χ3v) is 5.25. The number of carbonyl (C=O) groups is 3. The van der Waals surface area contributed by atoms with Gasteiger partial charge in [-0.25, -0.2) is 4.90 Å². The van der Waals surface area contributed by atoms with Gasteiger partial charge in [0.15, 0.2) is 0 Å². The van der Waals surface area contributed by atoms with Gasteiger partial charge in [-0.15, -0.1) is 0 Å². The molecule has 4 atom stereocenters. The lowest BCUT2D eigenvalue weighted by atomic mass is 9.77. The van der Waals surface area contributed by atoms with Crippen molar-refractivity contribution in [3.8, 4) is 0 Å². The van der Waals surface area contributed by atoms with E-state index in [-0.39, 0.29) is 18.4 Å². The van der Waals surface area contributed by atoms with E-state index in [0.717, 1.165) is 11.1 Å².